The van der Waals surface area contributed by atoms with Crippen molar-refractivity contribution in [2.24, 2.45) is 0 Å². The number of benzene rings is 2. The van der Waals surface area contributed by atoms with Gasteiger partial charge in [-0.25, -0.2) is 0 Å². The van der Waals surface area contributed by atoms with Crippen LogP contribution in [0.1, 0.15) is 10.4 Å². The monoisotopic (exact) mass is 264 g/mol. The lowest BCUT2D eigenvalue weighted by molar-refractivity contribution is 1.47. The van der Waals surface area contributed by atoms with E-state index in [4.69, 9.17) is 0 Å². The Morgan fingerprint density at radius 1 is 0.579 bits per heavy atom. The summed E-state index contributed by atoms with van der Waals surface area (Å²) in [5.41, 5.74) is 5.15. The van der Waals surface area contributed by atoms with Crippen LogP contribution in [0.2, 0.25) is 0 Å². The molecule has 0 spiro atoms. The van der Waals surface area contributed by atoms with E-state index in [9.17, 15) is 0 Å². The van der Waals surface area contributed by atoms with Crippen molar-refractivity contribution in [2.75, 3.05) is 0 Å². The third-order valence-electron chi connectivity index (χ3n) is 3.29. The van der Waals surface area contributed by atoms with Crippen molar-refractivity contribution in [1.29, 1.82) is 0 Å². The van der Waals surface area contributed by atoms with Gasteiger partial charge in [-0.3, -0.25) is 0 Å². The quantitative estimate of drug-likeness (QED) is 0.557. The summed E-state index contributed by atoms with van der Waals surface area (Å²) in [6.45, 7) is 4.26. The maximum Gasteiger partial charge on any atom is 0.0345 e. The molecule has 0 N–H and O–H groups in total. The lowest BCUT2D eigenvalue weighted by Crippen LogP contribution is -1.79. The maximum atomic E-state index is 2.21. The van der Waals surface area contributed by atoms with Crippen molar-refractivity contribution >= 4 is 11.3 Å². The van der Waals surface area contributed by atoms with E-state index in [0.717, 1.165) is 0 Å². The van der Waals surface area contributed by atoms with Crippen LogP contribution < -0.4 is 0 Å². The van der Waals surface area contributed by atoms with Gasteiger partial charge in [-0.1, -0.05) is 54.1 Å². The molecule has 0 unspecified atom stereocenters. The van der Waals surface area contributed by atoms with E-state index in [1.165, 1.54) is 32.0 Å². The Kier molecular flexibility index (Phi) is 3.22. The Balaban J connectivity index is 1.92. The van der Waals surface area contributed by atoms with Gasteiger partial charge in [0.15, 0.2) is 0 Å². The van der Waals surface area contributed by atoms with Crippen LogP contribution in [0.4, 0.5) is 0 Å². The van der Waals surface area contributed by atoms with Crippen LogP contribution in [0, 0.1) is 13.8 Å². The highest BCUT2D eigenvalue weighted by molar-refractivity contribution is 7.15. The first-order valence-electron chi connectivity index (χ1n) is 6.46. The minimum Gasteiger partial charge on any atom is -0.141 e. The van der Waals surface area contributed by atoms with E-state index >= 15 is 0 Å². The van der Waals surface area contributed by atoms with Crippen LogP contribution in [-0.4, -0.2) is 0 Å². The number of rotatable bonds is 2. The largest absolute Gasteiger partial charge is 0.141 e. The van der Waals surface area contributed by atoms with E-state index in [2.05, 4.69) is 74.5 Å². The highest BCUT2D eigenvalue weighted by atomic mass is 32.1. The average molecular weight is 264 g/mol. The summed E-state index contributed by atoms with van der Waals surface area (Å²) < 4.78 is 0. The fourth-order valence-corrected chi connectivity index (χ4v) is 3.04. The SMILES string of the molecule is Cc1ccc(-c2ccc(-c3ccc(C)s3)cc2)cc1. The zero-order valence-electron chi connectivity index (χ0n) is 11.2. The van der Waals surface area contributed by atoms with Gasteiger partial charge in [-0.05, 0) is 42.7 Å². The average Bonchev–Trinajstić information content (AvgIpc) is 2.87. The normalized spacial score (nSPS) is 10.6. The lowest BCUT2D eigenvalue weighted by atomic mass is 10.0. The Morgan fingerprint density at radius 2 is 1.11 bits per heavy atom. The zero-order chi connectivity index (χ0) is 13.2. The van der Waals surface area contributed by atoms with Crippen LogP contribution in [0.25, 0.3) is 21.6 Å². The highest BCUT2D eigenvalue weighted by Crippen LogP contribution is 2.29. The summed E-state index contributed by atoms with van der Waals surface area (Å²) in [6.07, 6.45) is 0. The molecule has 1 heteroatoms. The molecule has 19 heavy (non-hydrogen) atoms. The van der Waals surface area contributed by atoms with Crippen molar-refractivity contribution in [2.45, 2.75) is 13.8 Å². The predicted octanol–water partition coefficient (Wildman–Crippen LogP) is 5.70. The van der Waals surface area contributed by atoms with Crippen LogP contribution >= 0.6 is 11.3 Å². The summed E-state index contributed by atoms with van der Waals surface area (Å²) in [5, 5.41) is 0. The van der Waals surface area contributed by atoms with E-state index in [1.54, 1.807) is 0 Å². The van der Waals surface area contributed by atoms with E-state index in [1.807, 2.05) is 11.3 Å². The molecule has 1 aromatic heterocycles. The van der Waals surface area contributed by atoms with Crippen molar-refractivity contribution < 1.29 is 0 Å². The second-order valence-corrected chi connectivity index (χ2v) is 6.14. The van der Waals surface area contributed by atoms with Crippen LogP contribution in [0.15, 0.2) is 60.7 Å². The summed E-state index contributed by atoms with van der Waals surface area (Å²) in [6, 6.07) is 21.9. The van der Waals surface area contributed by atoms with Crippen molar-refractivity contribution in [1.82, 2.24) is 0 Å². The van der Waals surface area contributed by atoms with Gasteiger partial charge in [0.25, 0.3) is 0 Å². The van der Waals surface area contributed by atoms with E-state index in [0.29, 0.717) is 0 Å². The topological polar surface area (TPSA) is 0 Å². The lowest BCUT2D eigenvalue weighted by Gasteiger charge is -2.04. The Hall–Kier alpha value is -1.86. The molecule has 0 aliphatic carbocycles. The van der Waals surface area contributed by atoms with Gasteiger partial charge in [-0.15, -0.1) is 11.3 Å². The molecule has 0 radical (unpaired) electrons. The summed E-state index contributed by atoms with van der Waals surface area (Å²) in [5.74, 6) is 0. The standard InChI is InChI=1S/C18H16S/c1-13-3-6-15(7-4-13)16-8-10-17(11-9-16)18-12-5-14(2)19-18/h3-12H,1-2H3. The minimum absolute atomic E-state index is 1.28. The molecule has 0 atom stereocenters. The molecule has 0 fully saturated rings. The summed E-state index contributed by atoms with van der Waals surface area (Å²) in [7, 11) is 0. The van der Waals surface area contributed by atoms with Gasteiger partial charge in [0.1, 0.15) is 0 Å². The van der Waals surface area contributed by atoms with E-state index in [-0.39, 0.29) is 0 Å². The predicted molar refractivity (Wildman–Crippen MR) is 84.7 cm³/mol. The Bertz CT molecular complexity index is 672. The molecule has 0 bridgehead atoms. The highest BCUT2D eigenvalue weighted by Gasteiger charge is 2.02. The molecule has 0 nitrogen and oxygen atoms in total. The molecule has 0 saturated carbocycles. The van der Waals surface area contributed by atoms with Gasteiger partial charge < -0.3 is 0 Å². The van der Waals surface area contributed by atoms with Crippen LogP contribution in [0.3, 0.4) is 0 Å². The smallest absolute Gasteiger partial charge is 0.0345 e. The number of thiophene rings is 1. The summed E-state index contributed by atoms with van der Waals surface area (Å²) >= 11 is 1.84. The van der Waals surface area contributed by atoms with Gasteiger partial charge >= 0.3 is 0 Å². The molecule has 3 rings (SSSR count). The Labute approximate surface area is 118 Å². The third kappa shape index (κ3) is 2.61. The molecule has 1 heterocycles. The van der Waals surface area contributed by atoms with Gasteiger partial charge in [-0.2, -0.15) is 0 Å². The Morgan fingerprint density at radius 3 is 1.63 bits per heavy atom. The minimum atomic E-state index is 1.28. The molecule has 0 aliphatic heterocycles. The third-order valence-corrected chi connectivity index (χ3v) is 4.34. The first kappa shape index (κ1) is 12.2. The molecule has 2 aromatic carbocycles. The van der Waals surface area contributed by atoms with Crippen molar-refractivity contribution in [3.8, 4) is 21.6 Å². The zero-order valence-corrected chi connectivity index (χ0v) is 12.0. The van der Waals surface area contributed by atoms with Gasteiger partial charge in [0.2, 0.25) is 0 Å². The molecule has 94 valence electrons. The first-order valence-corrected chi connectivity index (χ1v) is 7.28. The number of hydrogen-bond donors (Lipinski definition) is 0. The molecule has 3 aromatic rings. The van der Waals surface area contributed by atoms with Crippen LogP contribution in [0.5, 0.6) is 0 Å². The van der Waals surface area contributed by atoms with Gasteiger partial charge in [0, 0.05) is 9.75 Å². The summed E-state index contributed by atoms with van der Waals surface area (Å²) in [4.78, 5) is 2.70. The molecule has 0 aliphatic rings. The molecule has 0 saturated heterocycles. The fourth-order valence-electron chi connectivity index (χ4n) is 2.16. The molecule has 0 amide bonds. The van der Waals surface area contributed by atoms with Crippen molar-refractivity contribution in [3.05, 3.63) is 71.1 Å². The second kappa shape index (κ2) is 5.02. The first-order chi connectivity index (χ1) is 9.22. The molecular formula is C18H16S. The maximum absolute atomic E-state index is 2.21. The fraction of sp³-hybridized carbons (Fsp3) is 0.111. The van der Waals surface area contributed by atoms with E-state index < -0.39 is 0 Å². The number of hydrogen-bond acceptors (Lipinski definition) is 1. The van der Waals surface area contributed by atoms with Crippen LogP contribution in [-0.2, 0) is 0 Å². The number of aryl methyl sites for hydroxylation is 2. The molecular weight excluding hydrogens is 248 g/mol. The van der Waals surface area contributed by atoms with Gasteiger partial charge in [0.05, 0.1) is 0 Å². The second-order valence-electron chi connectivity index (χ2n) is 4.85. The van der Waals surface area contributed by atoms with Crippen molar-refractivity contribution in [3.63, 3.8) is 0 Å².